The van der Waals surface area contributed by atoms with Crippen LogP contribution in [0.25, 0.3) is 11.1 Å². The van der Waals surface area contributed by atoms with Crippen molar-refractivity contribution < 1.29 is 17.6 Å². The lowest BCUT2D eigenvalue weighted by Crippen LogP contribution is -2.40. The molecule has 2 aromatic rings. The third-order valence-electron chi connectivity index (χ3n) is 3.92. The van der Waals surface area contributed by atoms with E-state index in [9.17, 15) is 13.2 Å². The molecule has 1 atom stereocenters. The van der Waals surface area contributed by atoms with E-state index < -0.39 is 9.84 Å². The van der Waals surface area contributed by atoms with Gasteiger partial charge in [0.05, 0.1) is 17.0 Å². The normalized spacial score (nSPS) is 20.3. The van der Waals surface area contributed by atoms with Crippen molar-refractivity contribution in [3.05, 3.63) is 28.6 Å². The molecule has 1 saturated heterocycles. The summed E-state index contributed by atoms with van der Waals surface area (Å²) in [6.45, 7) is 2.32. The summed E-state index contributed by atoms with van der Waals surface area (Å²) in [6, 6.07) is 4.81. The van der Waals surface area contributed by atoms with Crippen molar-refractivity contribution in [1.82, 2.24) is 9.88 Å². The Morgan fingerprint density at radius 2 is 2.27 bits per heavy atom. The quantitative estimate of drug-likeness (QED) is 0.866. The van der Waals surface area contributed by atoms with E-state index in [1.54, 1.807) is 23.1 Å². The molecule has 1 N–H and O–H groups in total. The SMILES string of the molecule is CCN(C(=O)c1ccc2[nH]c(=S)oc2c1)C1CCS(=O)(=O)C1. The first-order valence-corrected chi connectivity index (χ1v) is 9.27. The number of aromatic nitrogens is 1. The molecule has 0 radical (unpaired) electrons. The van der Waals surface area contributed by atoms with E-state index in [0.717, 1.165) is 5.52 Å². The molecule has 1 aliphatic heterocycles. The molecule has 8 heteroatoms. The molecular formula is C14H16N2O4S2. The van der Waals surface area contributed by atoms with Gasteiger partial charge >= 0.3 is 0 Å². The first kappa shape index (κ1) is 15.2. The van der Waals surface area contributed by atoms with Crippen LogP contribution in [-0.4, -0.2) is 48.3 Å². The van der Waals surface area contributed by atoms with Gasteiger partial charge in [0.25, 0.3) is 10.7 Å². The van der Waals surface area contributed by atoms with Crippen molar-refractivity contribution in [2.24, 2.45) is 0 Å². The van der Waals surface area contributed by atoms with Crippen LogP contribution in [0.2, 0.25) is 0 Å². The zero-order valence-corrected chi connectivity index (χ0v) is 13.7. The highest BCUT2D eigenvalue weighted by Crippen LogP contribution is 2.22. The Morgan fingerprint density at radius 1 is 1.50 bits per heavy atom. The lowest BCUT2D eigenvalue weighted by atomic mass is 10.1. The van der Waals surface area contributed by atoms with Crippen molar-refractivity contribution in [2.75, 3.05) is 18.1 Å². The smallest absolute Gasteiger partial charge is 0.266 e. The first-order chi connectivity index (χ1) is 10.4. The Labute approximate surface area is 133 Å². The molecule has 1 aliphatic rings. The topological polar surface area (TPSA) is 83.4 Å². The van der Waals surface area contributed by atoms with E-state index in [1.165, 1.54) is 0 Å². The van der Waals surface area contributed by atoms with Crippen molar-refractivity contribution in [2.45, 2.75) is 19.4 Å². The summed E-state index contributed by atoms with van der Waals surface area (Å²) in [5, 5.41) is 0. The highest BCUT2D eigenvalue weighted by molar-refractivity contribution is 7.91. The molecule has 2 heterocycles. The minimum atomic E-state index is -3.03. The maximum atomic E-state index is 12.7. The van der Waals surface area contributed by atoms with Crippen LogP contribution in [0.3, 0.4) is 0 Å². The number of oxazole rings is 1. The number of carbonyl (C=O) groups excluding carboxylic acids is 1. The molecule has 3 rings (SSSR count). The highest BCUT2D eigenvalue weighted by atomic mass is 32.2. The summed E-state index contributed by atoms with van der Waals surface area (Å²) < 4.78 is 28.6. The summed E-state index contributed by atoms with van der Waals surface area (Å²) in [6.07, 6.45) is 0.495. The second-order valence-corrected chi connectivity index (χ2v) is 7.97. The van der Waals surface area contributed by atoms with Gasteiger partial charge in [-0.2, -0.15) is 0 Å². The van der Waals surface area contributed by atoms with Gasteiger partial charge < -0.3 is 14.3 Å². The minimum absolute atomic E-state index is 0.0413. The predicted molar refractivity (Wildman–Crippen MR) is 85.2 cm³/mol. The number of nitrogens with one attached hydrogen (secondary N) is 1. The Kier molecular flexibility index (Phi) is 3.82. The molecule has 0 bridgehead atoms. The van der Waals surface area contributed by atoms with Gasteiger partial charge in [0.15, 0.2) is 15.4 Å². The van der Waals surface area contributed by atoms with Gasteiger partial charge in [0, 0.05) is 18.2 Å². The number of hydrogen-bond donors (Lipinski definition) is 1. The largest absolute Gasteiger partial charge is 0.429 e. The molecule has 118 valence electrons. The minimum Gasteiger partial charge on any atom is -0.429 e. The van der Waals surface area contributed by atoms with Gasteiger partial charge in [-0.1, -0.05) is 0 Å². The highest BCUT2D eigenvalue weighted by Gasteiger charge is 2.34. The van der Waals surface area contributed by atoms with Crippen LogP contribution in [0.5, 0.6) is 0 Å². The van der Waals surface area contributed by atoms with Crippen molar-refractivity contribution in [1.29, 1.82) is 0 Å². The lowest BCUT2D eigenvalue weighted by Gasteiger charge is -2.26. The van der Waals surface area contributed by atoms with Crippen LogP contribution in [0.15, 0.2) is 22.6 Å². The van der Waals surface area contributed by atoms with Crippen LogP contribution in [-0.2, 0) is 9.84 Å². The van der Waals surface area contributed by atoms with Gasteiger partial charge in [-0.3, -0.25) is 4.79 Å². The predicted octanol–water partition coefficient (Wildman–Crippen LogP) is 2.14. The van der Waals surface area contributed by atoms with E-state index >= 15 is 0 Å². The average molecular weight is 340 g/mol. The Balaban J connectivity index is 1.91. The summed E-state index contributed by atoms with van der Waals surface area (Å²) in [4.78, 5) is 17.4. The molecule has 0 saturated carbocycles. The van der Waals surface area contributed by atoms with E-state index in [0.29, 0.717) is 24.1 Å². The van der Waals surface area contributed by atoms with Gasteiger partial charge in [-0.15, -0.1) is 0 Å². The molecule has 1 fully saturated rings. The third-order valence-corrected chi connectivity index (χ3v) is 5.85. The van der Waals surface area contributed by atoms with Crippen molar-refractivity contribution in [3.63, 3.8) is 0 Å². The zero-order valence-electron chi connectivity index (χ0n) is 12.0. The van der Waals surface area contributed by atoms with Gasteiger partial charge in [-0.25, -0.2) is 8.42 Å². The number of nitrogens with zero attached hydrogens (tertiary/aromatic N) is 1. The first-order valence-electron chi connectivity index (χ1n) is 7.04. The number of sulfone groups is 1. The maximum Gasteiger partial charge on any atom is 0.266 e. The number of H-pyrrole nitrogens is 1. The van der Waals surface area contributed by atoms with Gasteiger partial charge in [-0.05, 0) is 43.8 Å². The number of rotatable bonds is 3. The van der Waals surface area contributed by atoms with Crippen LogP contribution < -0.4 is 0 Å². The Bertz CT molecular complexity index is 882. The fourth-order valence-electron chi connectivity index (χ4n) is 2.83. The van der Waals surface area contributed by atoms with Crippen LogP contribution >= 0.6 is 12.2 Å². The second kappa shape index (κ2) is 5.51. The van der Waals surface area contributed by atoms with Gasteiger partial charge in [0.1, 0.15) is 0 Å². The number of carbonyl (C=O) groups is 1. The molecule has 6 nitrogen and oxygen atoms in total. The van der Waals surface area contributed by atoms with Crippen molar-refractivity contribution >= 4 is 39.1 Å². The maximum absolute atomic E-state index is 12.7. The molecule has 0 spiro atoms. The summed E-state index contributed by atoms with van der Waals surface area (Å²) >= 11 is 4.92. The van der Waals surface area contributed by atoms with Crippen LogP contribution in [0.1, 0.15) is 23.7 Å². The summed E-state index contributed by atoms with van der Waals surface area (Å²) in [5.74, 6) is 0.000822. The number of hydrogen-bond acceptors (Lipinski definition) is 5. The number of amides is 1. The standard InChI is InChI=1S/C14H16N2O4S2/c1-2-16(10-5-6-22(18,19)8-10)13(17)9-3-4-11-12(7-9)20-14(21)15-11/h3-4,7,10H,2,5-6,8H2,1H3,(H,15,21). The fourth-order valence-corrected chi connectivity index (χ4v) is 4.76. The van der Waals surface area contributed by atoms with E-state index in [1.807, 2.05) is 6.92 Å². The second-order valence-electron chi connectivity index (χ2n) is 5.37. The Hall–Kier alpha value is -1.67. The lowest BCUT2D eigenvalue weighted by molar-refractivity contribution is 0.0708. The van der Waals surface area contributed by atoms with E-state index in [2.05, 4.69) is 4.98 Å². The monoisotopic (exact) mass is 340 g/mol. The van der Waals surface area contributed by atoms with Gasteiger partial charge in [0.2, 0.25) is 0 Å². The number of fused-ring (bicyclic) bond motifs is 1. The fraction of sp³-hybridized carbons (Fsp3) is 0.429. The number of aromatic amines is 1. The zero-order chi connectivity index (χ0) is 15.9. The molecule has 1 aromatic carbocycles. The van der Waals surface area contributed by atoms with Crippen LogP contribution in [0.4, 0.5) is 0 Å². The molecule has 22 heavy (non-hydrogen) atoms. The molecule has 0 aliphatic carbocycles. The Morgan fingerprint density at radius 3 is 2.91 bits per heavy atom. The van der Waals surface area contributed by atoms with Crippen molar-refractivity contribution in [3.8, 4) is 0 Å². The third kappa shape index (κ3) is 2.80. The average Bonchev–Trinajstić information content (AvgIpc) is 3.00. The summed E-state index contributed by atoms with van der Waals surface area (Å²) in [5.41, 5.74) is 1.72. The van der Waals surface area contributed by atoms with E-state index in [-0.39, 0.29) is 28.3 Å². The molecule has 1 aromatic heterocycles. The molecule has 1 unspecified atom stereocenters. The summed E-state index contributed by atoms with van der Waals surface area (Å²) in [7, 11) is -3.03. The molecular weight excluding hydrogens is 324 g/mol. The molecule has 1 amide bonds. The van der Waals surface area contributed by atoms with Crippen LogP contribution in [0, 0.1) is 4.84 Å². The number of benzene rings is 1. The van der Waals surface area contributed by atoms with E-state index in [4.69, 9.17) is 16.6 Å².